The fraction of sp³-hybridized carbons (Fsp3) is 0.273. The molecule has 1 aliphatic heterocycles. The van der Waals surface area contributed by atoms with E-state index in [0.29, 0.717) is 6.54 Å². The molecule has 1 unspecified atom stereocenters. The standard InChI is InChI=1S/C22H22BrN3O2/c1-21(2,3)28-20(27)25-14-22(15-8-10-16(23)11-9-15)18-7-5-4-6-17(18)19-24-12-13-26(19)22/h4-13H,14H2,1-3H3,(H,25,27). The predicted octanol–water partition coefficient (Wildman–Crippen LogP) is 4.94. The summed E-state index contributed by atoms with van der Waals surface area (Å²) in [6.45, 7) is 5.92. The summed E-state index contributed by atoms with van der Waals surface area (Å²) in [5, 5.41) is 2.99. The minimum absolute atomic E-state index is 0.351. The molecule has 1 amide bonds. The van der Waals surface area contributed by atoms with Crippen molar-refractivity contribution in [2.75, 3.05) is 6.54 Å². The third-order valence-electron chi connectivity index (χ3n) is 4.87. The van der Waals surface area contributed by atoms with Gasteiger partial charge in [-0.15, -0.1) is 0 Å². The summed E-state index contributed by atoms with van der Waals surface area (Å²) in [6, 6.07) is 16.4. The number of nitrogens with one attached hydrogen (secondary N) is 1. The van der Waals surface area contributed by atoms with Gasteiger partial charge >= 0.3 is 6.09 Å². The first-order valence-corrected chi connectivity index (χ1v) is 9.97. The summed E-state index contributed by atoms with van der Waals surface area (Å²) >= 11 is 3.51. The molecule has 0 saturated carbocycles. The highest BCUT2D eigenvalue weighted by Crippen LogP contribution is 2.46. The van der Waals surface area contributed by atoms with Crippen LogP contribution in [0, 0.1) is 0 Å². The van der Waals surface area contributed by atoms with E-state index in [2.05, 4.69) is 55.1 Å². The molecule has 2 aromatic carbocycles. The van der Waals surface area contributed by atoms with Crippen molar-refractivity contribution < 1.29 is 9.53 Å². The third-order valence-corrected chi connectivity index (χ3v) is 5.40. The van der Waals surface area contributed by atoms with E-state index in [1.807, 2.05) is 51.2 Å². The molecular formula is C22H22BrN3O2. The number of hydrogen-bond donors (Lipinski definition) is 1. The maximum absolute atomic E-state index is 12.4. The van der Waals surface area contributed by atoms with Gasteiger partial charge in [-0.25, -0.2) is 9.78 Å². The Morgan fingerprint density at radius 2 is 1.89 bits per heavy atom. The first-order chi connectivity index (χ1) is 13.3. The van der Waals surface area contributed by atoms with Gasteiger partial charge in [0.1, 0.15) is 17.0 Å². The number of aromatic nitrogens is 2. The number of fused-ring (bicyclic) bond motifs is 3. The lowest BCUT2D eigenvalue weighted by Gasteiger charge is -2.34. The molecule has 0 spiro atoms. The molecule has 4 rings (SSSR count). The van der Waals surface area contributed by atoms with Gasteiger partial charge in [0.2, 0.25) is 0 Å². The fourth-order valence-corrected chi connectivity index (χ4v) is 4.06. The van der Waals surface area contributed by atoms with Gasteiger partial charge in [0.05, 0.1) is 6.54 Å². The zero-order valence-electron chi connectivity index (χ0n) is 16.1. The lowest BCUT2D eigenvalue weighted by Crippen LogP contribution is -2.46. The predicted molar refractivity (Wildman–Crippen MR) is 112 cm³/mol. The second-order valence-corrected chi connectivity index (χ2v) is 8.80. The molecule has 0 fully saturated rings. The van der Waals surface area contributed by atoms with Crippen LogP contribution in [0.3, 0.4) is 0 Å². The van der Waals surface area contributed by atoms with Crippen molar-refractivity contribution in [2.24, 2.45) is 0 Å². The Balaban J connectivity index is 1.82. The van der Waals surface area contributed by atoms with Crippen molar-refractivity contribution >= 4 is 22.0 Å². The molecule has 3 aromatic rings. The van der Waals surface area contributed by atoms with Crippen LogP contribution in [0.15, 0.2) is 65.4 Å². The maximum Gasteiger partial charge on any atom is 0.407 e. The molecule has 0 radical (unpaired) electrons. The Morgan fingerprint density at radius 3 is 2.61 bits per heavy atom. The molecular weight excluding hydrogens is 418 g/mol. The Bertz CT molecular complexity index is 1020. The quantitative estimate of drug-likeness (QED) is 0.628. The van der Waals surface area contributed by atoms with Crippen LogP contribution in [0.5, 0.6) is 0 Å². The highest BCUT2D eigenvalue weighted by atomic mass is 79.9. The van der Waals surface area contributed by atoms with Crippen LogP contribution < -0.4 is 5.32 Å². The average molecular weight is 440 g/mol. The largest absolute Gasteiger partial charge is 0.444 e. The number of alkyl carbamates (subject to hydrolysis) is 1. The van der Waals surface area contributed by atoms with Gasteiger partial charge in [-0.1, -0.05) is 52.3 Å². The van der Waals surface area contributed by atoms with E-state index in [-0.39, 0.29) is 0 Å². The lowest BCUT2D eigenvalue weighted by atomic mass is 9.82. The Hall–Kier alpha value is -2.60. The molecule has 6 heteroatoms. The van der Waals surface area contributed by atoms with E-state index in [9.17, 15) is 4.79 Å². The number of hydrogen-bond acceptors (Lipinski definition) is 3. The third kappa shape index (κ3) is 3.11. The second kappa shape index (κ2) is 6.78. The molecule has 0 aliphatic carbocycles. The van der Waals surface area contributed by atoms with Gasteiger partial charge in [-0.05, 0) is 44.0 Å². The molecule has 0 bridgehead atoms. The van der Waals surface area contributed by atoms with Crippen molar-refractivity contribution in [3.05, 3.63) is 76.5 Å². The monoisotopic (exact) mass is 439 g/mol. The second-order valence-electron chi connectivity index (χ2n) is 7.89. The van der Waals surface area contributed by atoms with Crippen LogP contribution in [-0.4, -0.2) is 27.8 Å². The summed E-state index contributed by atoms with van der Waals surface area (Å²) in [5.74, 6) is 0.893. The van der Waals surface area contributed by atoms with Crippen molar-refractivity contribution in [2.45, 2.75) is 31.9 Å². The fourth-order valence-electron chi connectivity index (χ4n) is 3.80. The summed E-state index contributed by atoms with van der Waals surface area (Å²) in [7, 11) is 0. The SMILES string of the molecule is CC(C)(C)OC(=O)NCC1(c2ccc(Br)cc2)c2ccccc2-c2nccn21. The van der Waals surface area contributed by atoms with Gasteiger partial charge in [0.15, 0.2) is 0 Å². The van der Waals surface area contributed by atoms with E-state index in [0.717, 1.165) is 27.0 Å². The number of rotatable bonds is 3. The molecule has 5 nitrogen and oxygen atoms in total. The molecule has 1 N–H and O–H groups in total. The minimum atomic E-state index is -0.597. The van der Waals surface area contributed by atoms with Crippen LogP contribution in [0.4, 0.5) is 4.79 Å². The smallest absolute Gasteiger partial charge is 0.407 e. The number of nitrogens with zero attached hydrogens (tertiary/aromatic N) is 2. The van der Waals surface area contributed by atoms with E-state index >= 15 is 0 Å². The van der Waals surface area contributed by atoms with Crippen molar-refractivity contribution in [1.29, 1.82) is 0 Å². The Kier molecular flexibility index (Phi) is 4.54. The molecule has 1 atom stereocenters. The summed E-state index contributed by atoms with van der Waals surface area (Å²) in [4.78, 5) is 17.0. The average Bonchev–Trinajstić information content (AvgIpc) is 3.21. The molecule has 0 saturated heterocycles. The molecule has 1 aliphatic rings. The van der Waals surface area contributed by atoms with E-state index in [1.54, 1.807) is 6.20 Å². The number of benzene rings is 2. The van der Waals surface area contributed by atoms with Crippen molar-refractivity contribution in [3.8, 4) is 11.4 Å². The summed E-state index contributed by atoms with van der Waals surface area (Å²) in [5.41, 5.74) is 2.09. The molecule has 28 heavy (non-hydrogen) atoms. The topological polar surface area (TPSA) is 56.1 Å². The molecule has 1 aromatic heterocycles. The Morgan fingerprint density at radius 1 is 1.18 bits per heavy atom. The van der Waals surface area contributed by atoms with Crippen molar-refractivity contribution in [3.63, 3.8) is 0 Å². The van der Waals surface area contributed by atoms with Gasteiger partial charge in [0.25, 0.3) is 0 Å². The van der Waals surface area contributed by atoms with Crippen LogP contribution in [0.1, 0.15) is 31.9 Å². The van der Waals surface area contributed by atoms with Crippen LogP contribution in [0.25, 0.3) is 11.4 Å². The van der Waals surface area contributed by atoms with Gasteiger partial charge in [-0.2, -0.15) is 0 Å². The number of ether oxygens (including phenoxy) is 1. The molecule has 144 valence electrons. The normalized spacial score (nSPS) is 17.7. The number of imidazole rings is 1. The zero-order valence-corrected chi connectivity index (χ0v) is 17.7. The van der Waals surface area contributed by atoms with Crippen LogP contribution >= 0.6 is 15.9 Å². The zero-order chi connectivity index (χ0) is 19.9. The van der Waals surface area contributed by atoms with Gasteiger partial charge in [0, 0.05) is 22.4 Å². The van der Waals surface area contributed by atoms with Gasteiger partial charge < -0.3 is 14.6 Å². The van der Waals surface area contributed by atoms with Crippen molar-refractivity contribution in [1.82, 2.24) is 14.9 Å². The maximum atomic E-state index is 12.4. The number of carbonyl (C=O) groups excluding carboxylic acids is 1. The first kappa shape index (κ1) is 18.7. The van der Waals surface area contributed by atoms with E-state index < -0.39 is 17.2 Å². The van der Waals surface area contributed by atoms with E-state index in [1.165, 1.54) is 0 Å². The number of halogens is 1. The Labute approximate surface area is 172 Å². The summed E-state index contributed by atoms with van der Waals surface area (Å²) in [6.07, 6.45) is 3.33. The highest BCUT2D eigenvalue weighted by molar-refractivity contribution is 9.10. The number of carbonyl (C=O) groups is 1. The summed E-state index contributed by atoms with van der Waals surface area (Å²) < 4.78 is 8.61. The van der Waals surface area contributed by atoms with E-state index in [4.69, 9.17) is 4.74 Å². The molecule has 2 heterocycles. The lowest BCUT2D eigenvalue weighted by molar-refractivity contribution is 0.0516. The van der Waals surface area contributed by atoms with Crippen LogP contribution in [-0.2, 0) is 10.3 Å². The first-order valence-electron chi connectivity index (χ1n) is 9.18. The van der Waals surface area contributed by atoms with Crippen LogP contribution in [0.2, 0.25) is 0 Å². The minimum Gasteiger partial charge on any atom is -0.444 e. The highest BCUT2D eigenvalue weighted by Gasteiger charge is 2.45. The van der Waals surface area contributed by atoms with Gasteiger partial charge in [-0.3, -0.25) is 0 Å². The number of amides is 1.